The molecule has 0 aromatic heterocycles. The zero-order chi connectivity index (χ0) is 12.4. The quantitative estimate of drug-likeness (QED) is 0.765. The maximum atomic E-state index is 11.8. The average Bonchev–Trinajstić information content (AvgIpc) is 2.32. The van der Waals surface area contributed by atoms with Crippen LogP contribution in [0.1, 0.15) is 5.56 Å². The monoisotopic (exact) mass is 250 g/mol. The number of benzene rings is 1. The van der Waals surface area contributed by atoms with Crippen molar-refractivity contribution in [3.8, 4) is 6.07 Å². The summed E-state index contributed by atoms with van der Waals surface area (Å²) in [6, 6.07) is 6.78. The van der Waals surface area contributed by atoms with E-state index in [-0.39, 0.29) is 19.1 Å². The van der Waals surface area contributed by atoms with Crippen molar-refractivity contribution >= 4 is 23.2 Å². The Hall–Kier alpha value is -1.57. The van der Waals surface area contributed by atoms with Crippen LogP contribution in [0.2, 0.25) is 5.02 Å². The molecule has 1 aliphatic rings. The summed E-state index contributed by atoms with van der Waals surface area (Å²) in [5.74, 6) is -0.220. The fourth-order valence-electron chi connectivity index (χ4n) is 1.73. The minimum absolute atomic E-state index is 0.00365. The van der Waals surface area contributed by atoms with Crippen LogP contribution in [0, 0.1) is 18.3 Å². The number of hydrogen-bond donors (Lipinski definition) is 0. The molecule has 1 aliphatic heterocycles. The number of nitriles is 1. The maximum absolute atomic E-state index is 11.8. The summed E-state index contributed by atoms with van der Waals surface area (Å²) < 4.78 is 5.04. The first-order chi connectivity index (χ1) is 8.13. The smallest absolute Gasteiger partial charge is 0.254 e. The second-order valence-corrected chi connectivity index (χ2v) is 4.26. The lowest BCUT2D eigenvalue weighted by Gasteiger charge is -2.31. The average molecular weight is 251 g/mol. The van der Waals surface area contributed by atoms with Crippen molar-refractivity contribution in [2.75, 3.05) is 18.1 Å². The fourth-order valence-corrected chi connectivity index (χ4v) is 1.90. The second kappa shape index (κ2) is 4.74. The number of rotatable bonds is 1. The number of halogens is 1. The van der Waals surface area contributed by atoms with E-state index >= 15 is 0 Å². The summed E-state index contributed by atoms with van der Waals surface area (Å²) in [6.07, 6.45) is 0. The molecule has 0 radical (unpaired) electrons. The van der Waals surface area contributed by atoms with Crippen LogP contribution in [0.5, 0.6) is 0 Å². The van der Waals surface area contributed by atoms with Gasteiger partial charge in [0.2, 0.25) is 0 Å². The number of ether oxygens (including phenoxy) is 1. The highest BCUT2D eigenvalue weighted by atomic mass is 35.5. The van der Waals surface area contributed by atoms with Gasteiger partial charge in [-0.1, -0.05) is 17.7 Å². The molecular formula is C12H11ClN2O2. The Labute approximate surface area is 104 Å². The number of carbonyl (C=O) groups excluding carboxylic acids is 1. The van der Waals surface area contributed by atoms with E-state index in [0.29, 0.717) is 10.7 Å². The summed E-state index contributed by atoms with van der Waals surface area (Å²) in [5.41, 5.74) is 1.57. The molecule has 0 spiro atoms. The summed E-state index contributed by atoms with van der Waals surface area (Å²) in [5, 5.41) is 9.59. The van der Waals surface area contributed by atoms with Crippen molar-refractivity contribution in [2.45, 2.75) is 13.0 Å². The predicted molar refractivity (Wildman–Crippen MR) is 63.9 cm³/mol. The van der Waals surface area contributed by atoms with Gasteiger partial charge in [0.15, 0.2) is 0 Å². The van der Waals surface area contributed by atoms with Crippen molar-refractivity contribution < 1.29 is 9.53 Å². The second-order valence-electron chi connectivity index (χ2n) is 3.86. The van der Waals surface area contributed by atoms with Gasteiger partial charge in [-0.2, -0.15) is 5.26 Å². The molecule has 1 aromatic rings. The zero-order valence-electron chi connectivity index (χ0n) is 9.31. The minimum atomic E-state index is -0.588. The molecule has 1 amide bonds. The first-order valence-electron chi connectivity index (χ1n) is 5.19. The van der Waals surface area contributed by atoms with Gasteiger partial charge >= 0.3 is 0 Å². The van der Waals surface area contributed by atoms with E-state index in [4.69, 9.17) is 21.6 Å². The van der Waals surface area contributed by atoms with Gasteiger partial charge in [-0.25, -0.2) is 0 Å². The van der Waals surface area contributed by atoms with E-state index < -0.39 is 6.04 Å². The third-order valence-corrected chi connectivity index (χ3v) is 3.07. The van der Waals surface area contributed by atoms with Gasteiger partial charge in [0, 0.05) is 10.7 Å². The Morgan fingerprint density at radius 3 is 3.00 bits per heavy atom. The molecule has 0 N–H and O–H groups in total. The summed E-state index contributed by atoms with van der Waals surface area (Å²) in [6.45, 7) is 2.12. The fraction of sp³-hybridized carbons (Fsp3) is 0.333. The lowest BCUT2D eigenvalue weighted by molar-refractivity contribution is -0.126. The van der Waals surface area contributed by atoms with Crippen molar-refractivity contribution in [1.82, 2.24) is 0 Å². The van der Waals surface area contributed by atoms with Gasteiger partial charge in [-0.3, -0.25) is 9.69 Å². The van der Waals surface area contributed by atoms with Gasteiger partial charge in [0.25, 0.3) is 5.91 Å². The van der Waals surface area contributed by atoms with Crippen LogP contribution in [-0.4, -0.2) is 25.2 Å². The first-order valence-corrected chi connectivity index (χ1v) is 5.57. The van der Waals surface area contributed by atoms with E-state index in [1.54, 1.807) is 12.1 Å². The van der Waals surface area contributed by atoms with E-state index in [0.717, 1.165) is 5.56 Å². The number of carbonyl (C=O) groups is 1. The van der Waals surface area contributed by atoms with Gasteiger partial charge in [-0.05, 0) is 24.6 Å². The Balaban J connectivity index is 2.39. The molecular weight excluding hydrogens is 240 g/mol. The van der Waals surface area contributed by atoms with E-state index in [1.165, 1.54) is 4.90 Å². The molecule has 0 bridgehead atoms. The normalized spacial score (nSPS) is 20.2. The largest absolute Gasteiger partial charge is 0.368 e. The molecule has 1 unspecified atom stereocenters. The molecule has 88 valence electrons. The Kier molecular flexibility index (Phi) is 3.32. The van der Waals surface area contributed by atoms with Crippen LogP contribution in [0.25, 0.3) is 0 Å². The van der Waals surface area contributed by atoms with Crippen LogP contribution in [0.3, 0.4) is 0 Å². The molecule has 4 nitrogen and oxygen atoms in total. The summed E-state index contributed by atoms with van der Waals surface area (Å²) in [7, 11) is 0. The molecule has 0 aliphatic carbocycles. The highest BCUT2D eigenvalue weighted by Gasteiger charge is 2.30. The molecule has 1 saturated heterocycles. The van der Waals surface area contributed by atoms with Crippen LogP contribution >= 0.6 is 11.6 Å². The minimum Gasteiger partial charge on any atom is -0.368 e. The SMILES string of the molecule is Cc1ccc(N2C(=O)COCC2C#N)cc1Cl. The highest BCUT2D eigenvalue weighted by molar-refractivity contribution is 6.31. The zero-order valence-corrected chi connectivity index (χ0v) is 10.1. The molecule has 0 saturated carbocycles. The molecule has 17 heavy (non-hydrogen) atoms. The van der Waals surface area contributed by atoms with Crippen molar-refractivity contribution in [1.29, 1.82) is 5.26 Å². The van der Waals surface area contributed by atoms with Gasteiger partial charge in [0.1, 0.15) is 12.6 Å². The number of amides is 1. The number of morpholine rings is 1. The molecule has 1 atom stereocenters. The Bertz CT molecular complexity index is 496. The molecule has 1 aromatic carbocycles. The standard InChI is InChI=1S/C12H11ClN2O2/c1-8-2-3-9(4-11(8)13)15-10(5-14)6-17-7-12(15)16/h2-4,10H,6-7H2,1H3. The van der Waals surface area contributed by atoms with E-state index in [9.17, 15) is 4.79 Å². The van der Waals surface area contributed by atoms with Gasteiger partial charge < -0.3 is 4.74 Å². The molecule has 1 heterocycles. The van der Waals surface area contributed by atoms with E-state index in [1.807, 2.05) is 13.0 Å². The third-order valence-electron chi connectivity index (χ3n) is 2.66. The van der Waals surface area contributed by atoms with Crippen molar-refractivity contribution in [3.63, 3.8) is 0 Å². The molecule has 1 fully saturated rings. The lowest BCUT2D eigenvalue weighted by atomic mass is 10.1. The summed E-state index contributed by atoms with van der Waals surface area (Å²) >= 11 is 6.02. The number of anilines is 1. The molecule has 5 heteroatoms. The van der Waals surface area contributed by atoms with Crippen molar-refractivity contribution in [3.05, 3.63) is 28.8 Å². The molecule has 2 rings (SSSR count). The Morgan fingerprint density at radius 2 is 2.35 bits per heavy atom. The summed E-state index contributed by atoms with van der Waals surface area (Å²) in [4.78, 5) is 13.2. The van der Waals surface area contributed by atoms with Crippen LogP contribution in [-0.2, 0) is 9.53 Å². The van der Waals surface area contributed by atoms with Gasteiger partial charge in [-0.15, -0.1) is 0 Å². The van der Waals surface area contributed by atoms with Crippen molar-refractivity contribution in [2.24, 2.45) is 0 Å². The maximum Gasteiger partial charge on any atom is 0.254 e. The number of aryl methyl sites for hydroxylation is 1. The lowest BCUT2D eigenvalue weighted by Crippen LogP contribution is -2.49. The van der Waals surface area contributed by atoms with Crippen LogP contribution < -0.4 is 4.90 Å². The highest BCUT2D eigenvalue weighted by Crippen LogP contribution is 2.26. The Morgan fingerprint density at radius 1 is 1.59 bits per heavy atom. The predicted octanol–water partition coefficient (Wildman–Crippen LogP) is 1.90. The topological polar surface area (TPSA) is 53.3 Å². The van der Waals surface area contributed by atoms with E-state index in [2.05, 4.69) is 6.07 Å². The van der Waals surface area contributed by atoms with Crippen LogP contribution in [0.4, 0.5) is 5.69 Å². The third kappa shape index (κ3) is 2.26. The van der Waals surface area contributed by atoms with Crippen LogP contribution in [0.15, 0.2) is 18.2 Å². The number of hydrogen-bond acceptors (Lipinski definition) is 3. The number of nitrogens with zero attached hydrogens (tertiary/aromatic N) is 2. The first kappa shape index (κ1) is 11.9. The van der Waals surface area contributed by atoms with Gasteiger partial charge in [0.05, 0.1) is 12.7 Å².